The molecule has 0 radical (unpaired) electrons. The molecule has 0 unspecified atom stereocenters. The first-order valence-electron chi connectivity index (χ1n) is 4.54. The fraction of sp³-hybridized carbons (Fsp3) is 0.231. The highest BCUT2D eigenvalue weighted by atomic mass is 16.1. The molecule has 14 heavy (non-hydrogen) atoms. The molecule has 72 valence electrons. The van der Waals surface area contributed by atoms with Crippen molar-refractivity contribution >= 4 is 11.9 Å². The Bertz CT molecular complexity index is 367. The second-order valence-electron chi connectivity index (χ2n) is 3.76. The Kier molecular flexibility index (Phi) is 3.06. The van der Waals surface area contributed by atoms with Crippen molar-refractivity contribution in [3.8, 4) is 0 Å². The third-order valence-corrected chi connectivity index (χ3v) is 2.18. The zero-order valence-electron chi connectivity index (χ0n) is 8.58. The van der Waals surface area contributed by atoms with Crippen molar-refractivity contribution in [2.24, 2.45) is 5.41 Å². The van der Waals surface area contributed by atoms with Crippen LogP contribution in [-0.2, 0) is 4.79 Å². The molecule has 0 N–H and O–H groups in total. The molecule has 0 aliphatic rings. The van der Waals surface area contributed by atoms with Gasteiger partial charge in [0, 0.05) is 5.57 Å². The lowest BCUT2D eigenvalue weighted by Gasteiger charge is -2.19. The maximum atomic E-state index is 10.9. The highest BCUT2D eigenvalue weighted by Crippen LogP contribution is 2.31. The molecule has 1 rings (SSSR count). The van der Waals surface area contributed by atoms with Gasteiger partial charge in [0.15, 0.2) is 0 Å². The van der Waals surface area contributed by atoms with Gasteiger partial charge in [-0.05, 0) is 19.4 Å². The number of rotatable bonds is 3. The molecule has 0 aliphatic carbocycles. The first kappa shape index (κ1) is 10.5. The van der Waals surface area contributed by atoms with Crippen LogP contribution >= 0.6 is 0 Å². The number of allylic oxidation sites excluding steroid dienone is 1. The van der Waals surface area contributed by atoms with E-state index in [1.165, 1.54) is 0 Å². The first-order chi connectivity index (χ1) is 6.61. The van der Waals surface area contributed by atoms with E-state index < -0.39 is 5.41 Å². The summed E-state index contributed by atoms with van der Waals surface area (Å²) in [5.74, 6) is 0. The predicted octanol–water partition coefficient (Wildman–Crippen LogP) is 3.08. The molecule has 1 aromatic rings. The standard InChI is InChI=1S/C13H14O/c1-4-12(13(2,3)10-14)11-8-6-5-7-9-11/h5-10H,1H2,2-3H3. The van der Waals surface area contributed by atoms with E-state index >= 15 is 0 Å². The highest BCUT2D eigenvalue weighted by Gasteiger charge is 2.23. The Morgan fingerprint density at radius 1 is 1.36 bits per heavy atom. The van der Waals surface area contributed by atoms with E-state index in [9.17, 15) is 4.79 Å². The molecule has 0 fully saturated rings. The van der Waals surface area contributed by atoms with E-state index in [4.69, 9.17) is 0 Å². The van der Waals surface area contributed by atoms with Gasteiger partial charge in [-0.2, -0.15) is 0 Å². The summed E-state index contributed by atoms with van der Waals surface area (Å²) in [6.45, 7) is 7.35. The summed E-state index contributed by atoms with van der Waals surface area (Å²) in [5.41, 5.74) is 4.16. The summed E-state index contributed by atoms with van der Waals surface area (Å²) >= 11 is 0. The number of aldehydes is 1. The third-order valence-electron chi connectivity index (χ3n) is 2.18. The maximum Gasteiger partial charge on any atom is 0.130 e. The topological polar surface area (TPSA) is 17.1 Å². The quantitative estimate of drug-likeness (QED) is 0.523. The van der Waals surface area contributed by atoms with Gasteiger partial charge < -0.3 is 4.79 Å². The van der Waals surface area contributed by atoms with Crippen molar-refractivity contribution in [3.05, 3.63) is 48.2 Å². The summed E-state index contributed by atoms with van der Waals surface area (Å²) < 4.78 is 0. The monoisotopic (exact) mass is 186 g/mol. The van der Waals surface area contributed by atoms with Crippen LogP contribution in [0.1, 0.15) is 19.4 Å². The van der Waals surface area contributed by atoms with E-state index in [0.717, 1.165) is 17.4 Å². The van der Waals surface area contributed by atoms with E-state index in [-0.39, 0.29) is 0 Å². The van der Waals surface area contributed by atoms with Crippen LogP contribution in [0.15, 0.2) is 42.6 Å². The molecule has 0 saturated carbocycles. The van der Waals surface area contributed by atoms with Gasteiger partial charge in [0.2, 0.25) is 0 Å². The van der Waals surface area contributed by atoms with Gasteiger partial charge in [0.1, 0.15) is 6.29 Å². The zero-order chi connectivity index (χ0) is 10.6. The van der Waals surface area contributed by atoms with Crippen molar-refractivity contribution < 1.29 is 4.79 Å². The Hall–Kier alpha value is -1.59. The smallest absolute Gasteiger partial charge is 0.130 e. The molecular formula is C13H14O. The molecule has 0 saturated heterocycles. The van der Waals surface area contributed by atoms with Gasteiger partial charge in [-0.15, -0.1) is 5.73 Å². The van der Waals surface area contributed by atoms with E-state index in [0.29, 0.717) is 0 Å². The Balaban J connectivity index is 3.20. The van der Waals surface area contributed by atoms with Crippen LogP contribution in [0.4, 0.5) is 0 Å². The zero-order valence-corrected chi connectivity index (χ0v) is 8.58. The van der Waals surface area contributed by atoms with Crippen molar-refractivity contribution in [1.29, 1.82) is 0 Å². The molecule has 0 atom stereocenters. The van der Waals surface area contributed by atoms with Crippen LogP contribution in [0, 0.1) is 5.41 Å². The SMILES string of the molecule is C=C=C(c1ccccc1)C(C)(C)C=O. The molecular weight excluding hydrogens is 172 g/mol. The summed E-state index contributed by atoms with van der Waals surface area (Å²) in [6.07, 6.45) is 0.924. The van der Waals surface area contributed by atoms with Gasteiger partial charge in [-0.1, -0.05) is 36.9 Å². The lowest BCUT2D eigenvalue weighted by atomic mass is 9.82. The minimum atomic E-state index is -0.525. The number of carbonyl (C=O) groups excluding carboxylic acids is 1. The number of carbonyl (C=O) groups is 1. The molecule has 0 aromatic heterocycles. The van der Waals surface area contributed by atoms with Crippen LogP contribution in [0.3, 0.4) is 0 Å². The molecule has 1 heteroatoms. The maximum absolute atomic E-state index is 10.9. The second kappa shape index (κ2) is 4.08. The summed E-state index contributed by atoms with van der Waals surface area (Å²) in [4.78, 5) is 10.9. The van der Waals surface area contributed by atoms with Crippen molar-refractivity contribution in [2.75, 3.05) is 0 Å². The van der Waals surface area contributed by atoms with E-state index in [1.807, 2.05) is 44.2 Å². The Labute approximate surface area is 84.8 Å². The van der Waals surface area contributed by atoms with Crippen molar-refractivity contribution in [3.63, 3.8) is 0 Å². The number of hydrogen-bond donors (Lipinski definition) is 0. The van der Waals surface area contributed by atoms with E-state index in [1.54, 1.807) is 0 Å². The molecule has 0 spiro atoms. The Morgan fingerprint density at radius 2 is 1.93 bits per heavy atom. The number of hydrogen-bond acceptors (Lipinski definition) is 1. The summed E-state index contributed by atoms with van der Waals surface area (Å²) in [7, 11) is 0. The number of benzene rings is 1. The molecule has 0 amide bonds. The molecule has 1 nitrogen and oxygen atoms in total. The third kappa shape index (κ3) is 2.01. The summed E-state index contributed by atoms with van der Waals surface area (Å²) in [5, 5.41) is 0. The molecule has 0 aliphatic heterocycles. The average molecular weight is 186 g/mol. The van der Waals surface area contributed by atoms with Gasteiger partial charge >= 0.3 is 0 Å². The second-order valence-corrected chi connectivity index (χ2v) is 3.76. The normalized spacial score (nSPS) is 10.4. The fourth-order valence-corrected chi connectivity index (χ4v) is 1.37. The minimum Gasteiger partial charge on any atom is -0.302 e. The van der Waals surface area contributed by atoms with Gasteiger partial charge in [-0.3, -0.25) is 0 Å². The van der Waals surface area contributed by atoms with Gasteiger partial charge in [0.05, 0.1) is 5.41 Å². The first-order valence-corrected chi connectivity index (χ1v) is 4.54. The Morgan fingerprint density at radius 3 is 2.36 bits per heavy atom. The van der Waals surface area contributed by atoms with Crippen molar-refractivity contribution in [2.45, 2.75) is 13.8 Å². The van der Waals surface area contributed by atoms with Crippen LogP contribution in [0.25, 0.3) is 5.57 Å². The average Bonchev–Trinajstić information content (AvgIpc) is 2.20. The lowest BCUT2D eigenvalue weighted by molar-refractivity contribution is -0.112. The lowest BCUT2D eigenvalue weighted by Crippen LogP contribution is -2.14. The largest absolute Gasteiger partial charge is 0.302 e. The molecule has 0 bridgehead atoms. The van der Waals surface area contributed by atoms with Crippen LogP contribution in [-0.4, -0.2) is 6.29 Å². The van der Waals surface area contributed by atoms with Gasteiger partial charge in [0.25, 0.3) is 0 Å². The summed E-state index contributed by atoms with van der Waals surface area (Å²) in [6, 6.07) is 9.73. The van der Waals surface area contributed by atoms with Crippen LogP contribution in [0.2, 0.25) is 0 Å². The highest BCUT2D eigenvalue weighted by molar-refractivity contribution is 5.83. The van der Waals surface area contributed by atoms with Gasteiger partial charge in [-0.25, -0.2) is 0 Å². The molecule has 0 heterocycles. The van der Waals surface area contributed by atoms with Crippen molar-refractivity contribution in [1.82, 2.24) is 0 Å². The minimum absolute atomic E-state index is 0.525. The van der Waals surface area contributed by atoms with Crippen LogP contribution < -0.4 is 0 Å². The molecule has 1 aromatic carbocycles. The van der Waals surface area contributed by atoms with E-state index in [2.05, 4.69) is 12.3 Å². The van der Waals surface area contributed by atoms with Crippen LogP contribution in [0.5, 0.6) is 0 Å². The predicted molar refractivity (Wildman–Crippen MR) is 58.8 cm³/mol. The fourth-order valence-electron chi connectivity index (χ4n) is 1.37.